The summed E-state index contributed by atoms with van der Waals surface area (Å²) in [4.78, 5) is 53.2. The molecule has 0 fully saturated rings. The number of hydrogen-bond donors (Lipinski definition) is 2. The molecule has 1 aromatic carbocycles. The highest BCUT2D eigenvalue weighted by Crippen LogP contribution is 2.35. The van der Waals surface area contributed by atoms with Gasteiger partial charge in [-0.1, -0.05) is 12.1 Å². The molecule has 9 heteroatoms. The third kappa shape index (κ3) is 3.32. The van der Waals surface area contributed by atoms with E-state index in [1.165, 1.54) is 23.3 Å². The maximum atomic E-state index is 12.6. The lowest BCUT2D eigenvalue weighted by Crippen LogP contribution is -3.08. The van der Waals surface area contributed by atoms with Crippen molar-refractivity contribution in [1.82, 2.24) is 4.90 Å². The molecule has 29 heavy (non-hydrogen) atoms. The minimum atomic E-state index is -0.538. The average Bonchev–Trinajstić information content (AvgIpc) is 3.17. The average molecular weight is 414 g/mol. The summed E-state index contributed by atoms with van der Waals surface area (Å²) in [6.45, 7) is 1.23. The summed E-state index contributed by atoms with van der Waals surface area (Å²) in [5.74, 6) is -2.03. The highest BCUT2D eigenvalue weighted by molar-refractivity contribution is 7.17. The van der Waals surface area contributed by atoms with Gasteiger partial charge in [-0.3, -0.25) is 19.3 Å². The minimum Gasteiger partial charge on any atom is -0.465 e. The molecule has 0 saturated carbocycles. The summed E-state index contributed by atoms with van der Waals surface area (Å²) >= 11 is 1.34. The molecule has 2 aromatic rings. The zero-order valence-corrected chi connectivity index (χ0v) is 16.9. The van der Waals surface area contributed by atoms with E-state index in [-0.39, 0.29) is 11.1 Å². The van der Waals surface area contributed by atoms with E-state index in [1.807, 2.05) is 0 Å². The summed E-state index contributed by atoms with van der Waals surface area (Å²) in [5, 5.41) is 3.12. The quantitative estimate of drug-likeness (QED) is 0.556. The van der Waals surface area contributed by atoms with Crippen molar-refractivity contribution in [3.05, 3.63) is 51.4 Å². The number of imide groups is 1. The number of methoxy groups -OCH3 is 1. The first-order valence-corrected chi connectivity index (χ1v) is 10.0. The number of ether oxygens (including phenoxy) is 1. The highest BCUT2D eigenvalue weighted by atomic mass is 32.1. The Bertz CT molecular complexity index is 1010. The van der Waals surface area contributed by atoms with Crippen LogP contribution in [0.1, 0.15) is 41.5 Å². The van der Waals surface area contributed by atoms with Crippen LogP contribution in [0.3, 0.4) is 0 Å². The van der Waals surface area contributed by atoms with E-state index in [9.17, 15) is 19.2 Å². The smallest absolute Gasteiger partial charge is 0.341 e. The second-order valence-electron chi connectivity index (χ2n) is 7.12. The zero-order chi connectivity index (χ0) is 20.7. The number of carbonyl (C=O) groups excluding carboxylic acids is 4. The fraction of sp³-hybridized carbons (Fsp3) is 0.300. The lowest BCUT2D eigenvalue weighted by Gasteiger charge is -2.19. The first kappa shape index (κ1) is 19.3. The number of nitrogens with zero attached hydrogens (tertiary/aromatic N) is 1. The second-order valence-corrected chi connectivity index (χ2v) is 8.23. The van der Waals surface area contributed by atoms with Gasteiger partial charge < -0.3 is 15.0 Å². The standard InChI is InChI=1S/C20H19N3O5S/c1-22-8-7-13-14(9-22)29-17(16(13)20(27)28-2)21-15(24)10-23-18(25)11-5-3-4-6-12(11)19(23)26/h3-6H,7-10H2,1-2H3,(H,21,24)/p+1. The van der Waals surface area contributed by atoms with Gasteiger partial charge in [-0.25, -0.2) is 4.79 Å². The van der Waals surface area contributed by atoms with Gasteiger partial charge >= 0.3 is 5.97 Å². The molecule has 4 rings (SSSR count). The summed E-state index contributed by atoms with van der Waals surface area (Å²) in [5.41, 5.74) is 1.86. The minimum absolute atomic E-state index is 0.290. The molecular formula is C20H20N3O5S+. The van der Waals surface area contributed by atoms with Crippen LogP contribution < -0.4 is 10.2 Å². The number of anilines is 1. The molecule has 0 spiro atoms. The van der Waals surface area contributed by atoms with Crippen LogP contribution in [0, 0.1) is 0 Å². The first-order valence-electron chi connectivity index (χ1n) is 9.20. The number of quaternary nitrogens is 1. The number of benzene rings is 1. The van der Waals surface area contributed by atoms with Crippen molar-refractivity contribution in [3.63, 3.8) is 0 Å². The van der Waals surface area contributed by atoms with E-state index in [4.69, 9.17) is 4.74 Å². The van der Waals surface area contributed by atoms with Crippen LogP contribution in [0.4, 0.5) is 5.00 Å². The van der Waals surface area contributed by atoms with Crippen LogP contribution in [-0.2, 0) is 22.5 Å². The van der Waals surface area contributed by atoms with Crippen molar-refractivity contribution in [3.8, 4) is 0 Å². The van der Waals surface area contributed by atoms with Gasteiger partial charge in [0.25, 0.3) is 11.8 Å². The van der Waals surface area contributed by atoms with E-state index < -0.39 is 30.2 Å². The maximum Gasteiger partial charge on any atom is 0.341 e. The Morgan fingerprint density at radius 1 is 1.21 bits per heavy atom. The highest BCUT2D eigenvalue weighted by Gasteiger charge is 2.37. The summed E-state index contributed by atoms with van der Waals surface area (Å²) < 4.78 is 4.91. The van der Waals surface area contributed by atoms with Gasteiger partial charge in [-0.15, -0.1) is 11.3 Å². The zero-order valence-electron chi connectivity index (χ0n) is 16.0. The summed E-state index contributed by atoms with van der Waals surface area (Å²) in [6.07, 6.45) is 0.719. The van der Waals surface area contributed by atoms with Crippen molar-refractivity contribution in [1.29, 1.82) is 0 Å². The second kappa shape index (κ2) is 7.41. The molecule has 3 heterocycles. The van der Waals surface area contributed by atoms with E-state index in [1.54, 1.807) is 24.3 Å². The normalized spacial score (nSPS) is 17.7. The van der Waals surface area contributed by atoms with E-state index in [2.05, 4.69) is 12.4 Å². The van der Waals surface area contributed by atoms with E-state index in [0.29, 0.717) is 10.6 Å². The Morgan fingerprint density at radius 3 is 2.48 bits per heavy atom. The molecule has 2 aliphatic rings. The van der Waals surface area contributed by atoms with Gasteiger partial charge in [-0.05, 0) is 17.7 Å². The number of amides is 3. The molecule has 1 aromatic heterocycles. The number of hydrogen-bond acceptors (Lipinski definition) is 6. The van der Waals surface area contributed by atoms with Crippen LogP contribution in [0.25, 0.3) is 0 Å². The third-order valence-corrected chi connectivity index (χ3v) is 6.32. The van der Waals surface area contributed by atoms with Crippen LogP contribution in [0.2, 0.25) is 0 Å². The molecule has 3 amide bonds. The van der Waals surface area contributed by atoms with Crippen molar-refractivity contribution in [2.75, 3.05) is 32.6 Å². The molecule has 2 aliphatic heterocycles. The topological polar surface area (TPSA) is 97.2 Å². The van der Waals surface area contributed by atoms with Crippen LogP contribution >= 0.6 is 11.3 Å². The number of esters is 1. The number of nitrogens with one attached hydrogen (secondary N) is 2. The molecule has 1 unspecified atom stereocenters. The Kier molecular flexibility index (Phi) is 4.93. The first-order chi connectivity index (χ1) is 13.9. The Balaban J connectivity index is 1.56. The number of fused-ring (bicyclic) bond motifs is 2. The Hall–Kier alpha value is -3.04. The summed E-state index contributed by atoms with van der Waals surface area (Å²) in [7, 11) is 3.37. The van der Waals surface area contributed by atoms with Crippen LogP contribution in [0.15, 0.2) is 24.3 Å². The monoisotopic (exact) mass is 414 g/mol. The van der Waals surface area contributed by atoms with E-state index in [0.717, 1.165) is 34.9 Å². The predicted molar refractivity (Wildman–Crippen MR) is 105 cm³/mol. The number of likely N-dealkylation sites (N-methyl/N-ethyl adjacent to an activating group) is 1. The molecule has 0 saturated heterocycles. The van der Waals surface area contributed by atoms with Gasteiger partial charge in [0.15, 0.2) is 0 Å². The van der Waals surface area contributed by atoms with Crippen molar-refractivity contribution in [2.45, 2.75) is 13.0 Å². The van der Waals surface area contributed by atoms with Gasteiger partial charge in [0.2, 0.25) is 5.91 Å². The summed E-state index contributed by atoms with van der Waals surface area (Å²) in [6, 6.07) is 6.47. The third-order valence-electron chi connectivity index (χ3n) is 5.18. The van der Waals surface area contributed by atoms with Gasteiger partial charge in [-0.2, -0.15) is 0 Å². The number of carbonyl (C=O) groups is 4. The maximum absolute atomic E-state index is 12.6. The lowest BCUT2D eigenvalue weighted by atomic mass is 10.0. The fourth-order valence-corrected chi connectivity index (χ4v) is 5.08. The van der Waals surface area contributed by atoms with Gasteiger partial charge in [0.05, 0.1) is 42.3 Å². The SMILES string of the molecule is COC(=O)c1c(NC(=O)CN2C(=O)c3ccccc3C2=O)sc2c1CC[NH+](C)C2. The molecule has 0 radical (unpaired) electrons. The molecule has 150 valence electrons. The largest absolute Gasteiger partial charge is 0.465 e. The van der Waals surface area contributed by atoms with Gasteiger partial charge in [0.1, 0.15) is 18.1 Å². The van der Waals surface area contributed by atoms with Crippen LogP contribution in [-0.4, -0.2) is 55.8 Å². The molecular weight excluding hydrogens is 394 g/mol. The molecule has 8 nitrogen and oxygen atoms in total. The Morgan fingerprint density at radius 2 is 1.86 bits per heavy atom. The molecule has 1 atom stereocenters. The Labute approximate surface area is 171 Å². The molecule has 0 aliphatic carbocycles. The van der Waals surface area contributed by atoms with E-state index >= 15 is 0 Å². The van der Waals surface area contributed by atoms with Crippen molar-refractivity contribution >= 4 is 40.0 Å². The van der Waals surface area contributed by atoms with Crippen molar-refractivity contribution < 1.29 is 28.8 Å². The van der Waals surface area contributed by atoms with Crippen LogP contribution in [0.5, 0.6) is 0 Å². The predicted octanol–water partition coefficient (Wildman–Crippen LogP) is 0.340. The molecule has 0 bridgehead atoms. The fourth-order valence-electron chi connectivity index (χ4n) is 3.72. The number of thiophene rings is 1. The van der Waals surface area contributed by atoms with Gasteiger partial charge in [0, 0.05) is 6.42 Å². The molecule has 2 N–H and O–H groups in total. The lowest BCUT2D eigenvalue weighted by molar-refractivity contribution is -0.895. The van der Waals surface area contributed by atoms with Crippen molar-refractivity contribution in [2.24, 2.45) is 0 Å². The number of rotatable bonds is 4.